The average molecular weight is 324 g/mol. The van der Waals surface area contributed by atoms with E-state index in [1.807, 2.05) is 11.8 Å². The van der Waals surface area contributed by atoms with Crippen LogP contribution in [0.25, 0.3) is 0 Å². The Kier molecular flexibility index (Phi) is 3.98. The fourth-order valence-corrected chi connectivity index (χ4v) is 5.82. The molecule has 4 rings (SSSR count). The average Bonchev–Trinajstić information content (AvgIpc) is 3.16. The first-order chi connectivity index (χ1) is 11.2. The van der Waals surface area contributed by atoms with Crippen molar-refractivity contribution in [2.45, 2.75) is 60.4 Å². The minimum absolute atomic E-state index is 0.0606. The van der Waals surface area contributed by atoms with Crippen LogP contribution in [0.5, 0.6) is 0 Å². The number of thioether (sulfide) groups is 1. The van der Waals surface area contributed by atoms with Crippen molar-refractivity contribution in [2.24, 2.45) is 0 Å². The summed E-state index contributed by atoms with van der Waals surface area (Å²) >= 11 is 2.02. The van der Waals surface area contributed by atoms with Gasteiger partial charge in [-0.3, -0.25) is 0 Å². The third kappa shape index (κ3) is 2.83. The van der Waals surface area contributed by atoms with E-state index in [9.17, 15) is 0 Å². The molecule has 2 aromatic rings. The smallest absolute Gasteiger partial charge is 0.0923 e. The van der Waals surface area contributed by atoms with Crippen molar-refractivity contribution in [3.63, 3.8) is 0 Å². The quantitative estimate of drug-likeness (QED) is 0.706. The highest BCUT2D eigenvalue weighted by atomic mass is 32.2. The molecule has 1 aliphatic carbocycles. The SMILES string of the molecule is C[C@]1(c2ccccc2)C[C@@H](Sc2ccccc2)C2(CCCC2)O1. The van der Waals surface area contributed by atoms with Crippen LogP contribution < -0.4 is 0 Å². The Balaban J connectivity index is 1.65. The Labute approximate surface area is 143 Å². The molecule has 2 fully saturated rings. The van der Waals surface area contributed by atoms with Crippen molar-refractivity contribution in [2.75, 3.05) is 0 Å². The van der Waals surface area contributed by atoms with Gasteiger partial charge in [0, 0.05) is 10.1 Å². The molecular formula is C21H24OS. The van der Waals surface area contributed by atoms with Crippen molar-refractivity contribution >= 4 is 11.8 Å². The highest BCUT2D eigenvalue weighted by Gasteiger charge is 2.55. The largest absolute Gasteiger partial charge is 0.363 e. The van der Waals surface area contributed by atoms with E-state index in [4.69, 9.17) is 4.74 Å². The van der Waals surface area contributed by atoms with E-state index in [-0.39, 0.29) is 11.2 Å². The van der Waals surface area contributed by atoms with Gasteiger partial charge in [0.1, 0.15) is 0 Å². The molecule has 23 heavy (non-hydrogen) atoms. The molecule has 1 spiro atoms. The van der Waals surface area contributed by atoms with Gasteiger partial charge in [0.05, 0.1) is 11.2 Å². The predicted octanol–water partition coefficient (Wildman–Crippen LogP) is 5.80. The Morgan fingerprint density at radius 1 is 0.913 bits per heavy atom. The molecule has 1 aliphatic heterocycles. The topological polar surface area (TPSA) is 9.23 Å². The van der Waals surface area contributed by atoms with Crippen LogP contribution in [0.3, 0.4) is 0 Å². The van der Waals surface area contributed by atoms with Crippen LogP contribution in [0.2, 0.25) is 0 Å². The summed E-state index contributed by atoms with van der Waals surface area (Å²) in [6, 6.07) is 21.6. The van der Waals surface area contributed by atoms with E-state index in [1.165, 1.54) is 36.1 Å². The van der Waals surface area contributed by atoms with Gasteiger partial charge < -0.3 is 4.74 Å². The molecule has 1 nitrogen and oxygen atoms in total. The van der Waals surface area contributed by atoms with Crippen LogP contribution in [-0.4, -0.2) is 10.9 Å². The molecule has 0 unspecified atom stereocenters. The third-order valence-electron chi connectivity index (χ3n) is 5.45. The fourth-order valence-electron chi connectivity index (χ4n) is 4.27. The first-order valence-electron chi connectivity index (χ1n) is 8.68. The summed E-state index contributed by atoms with van der Waals surface area (Å²) in [5, 5.41) is 0.539. The van der Waals surface area contributed by atoms with E-state index >= 15 is 0 Å². The maximum atomic E-state index is 6.85. The molecule has 1 saturated carbocycles. The van der Waals surface area contributed by atoms with Crippen LogP contribution in [0.15, 0.2) is 65.6 Å². The number of rotatable bonds is 3. The molecule has 1 saturated heterocycles. The molecule has 0 bridgehead atoms. The second kappa shape index (κ2) is 5.99. The third-order valence-corrected chi connectivity index (χ3v) is 6.87. The summed E-state index contributed by atoms with van der Waals surface area (Å²) in [5.74, 6) is 0. The molecule has 1 heterocycles. The van der Waals surface area contributed by atoms with Crippen molar-refractivity contribution < 1.29 is 4.74 Å². The second-order valence-corrected chi connectivity index (χ2v) is 8.37. The molecule has 2 aromatic carbocycles. The van der Waals surface area contributed by atoms with Gasteiger partial charge in [-0.15, -0.1) is 11.8 Å². The van der Waals surface area contributed by atoms with E-state index in [2.05, 4.69) is 67.6 Å². The maximum Gasteiger partial charge on any atom is 0.0923 e. The van der Waals surface area contributed by atoms with Gasteiger partial charge in [0.25, 0.3) is 0 Å². The zero-order valence-corrected chi connectivity index (χ0v) is 14.5. The molecule has 0 aromatic heterocycles. The fraction of sp³-hybridized carbons (Fsp3) is 0.429. The Morgan fingerprint density at radius 2 is 1.52 bits per heavy atom. The number of benzene rings is 2. The van der Waals surface area contributed by atoms with E-state index in [0.29, 0.717) is 5.25 Å². The van der Waals surface area contributed by atoms with Gasteiger partial charge in [-0.05, 0) is 43.9 Å². The van der Waals surface area contributed by atoms with Crippen LogP contribution in [-0.2, 0) is 10.3 Å². The number of hydrogen-bond acceptors (Lipinski definition) is 2. The van der Waals surface area contributed by atoms with E-state index in [1.54, 1.807) is 0 Å². The van der Waals surface area contributed by atoms with Crippen molar-refractivity contribution in [1.29, 1.82) is 0 Å². The summed E-state index contributed by atoms with van der Waals surface area (Å²) in [7, 11) is 0. The molecule has 0 amide bonds. The predicted molar refractivity (Wildman–Crippen MR) is 96.8 cm³/mol. The van der Waals surface area contributed by atoms with Gasteiger partial charge in [0.2, 0.25) is 0 Å². The highest BCUT2D eigenvalue weighted by molar-refractivity contribution is 8.00. The number of hydrogen-bond donors (Lipinski definition) is 0. The minimum atomic E-state index is -0.155. The summed E-state index contributed by atoms with van der Waals surface area (Å²) in [6.07, 6.45) is 6.11. The lowest BCUT2D eigenvalue weighted by Gasteiger charge is -2.32. The molecule has 0 radical (unpaired) electrons. The Hall–Kier alpha value is -1.25. The lowest BCUT2D eigenvalue weighted by molar-refractivity contribution is -0.0941. The van der Waals surface area contributed by atoms with Crippen LogP contribution >= 0.6 is 11.8 Å². The molecule has 120 valence electrons. The summed E-state index contributed by atoms with van der Waals surface area (Å²) in [5.41, 5.74) is 1.23. The molecule has 0 N–H and O–H groups in total. The Morgan fingerprint density at radius 3 is 2.17 bits per heavy atom. The lowest BCUT2D eigenvalue weighted by atomic mass is 9.90. The normalized spacial score (nSPS) is 29.2. The van der Waals surface area contributed by atoms with Crippen LogP contribution in [0.1, 0.15) is 44.6 Å². The lowest BCUT2D eigenvalue weighted by Crippen LogP contribution is -2.35. The number of ether oxygens (including phenoxy) is 1. The molecule has 2 heteroatoms. The summed E-state index contributed by atoms with van der Waals surface area (Å²) < 4.78 is 6.85. The molecular weight excluding hydrogens is 300 g/mol. The van der Waals surface area contributed by atoms with Crippen molar-refractivity contribution in [3.05, 3.63) is 66.2 Å². The van der Waals surface area contributed by atoms with E-state index < -0.39 is 0 Å². The van der Waals surface area contributed by atoms with Crippen LogP contribution in [0, 0.1) is 0 Å². The highest BCUT2D eigenvalue weighted by Crippen LogP contribution is 2.56. The maximum absolute atomic E-state index is 6.85. The van der Waals surface area contributed by atoms with Gasteiger partial charge >= 0.3 is 0 Å². The summed E-state index contributed by atoms with van der Waals surface area (Å²) in [4.78, 5) is 1.37. The first-order valence-corrected chi connectivity index (χ1v) is 9.56. The second-order valence-electron chi connectivity index (χ2n) is 7.09. The van der Waals surface area contributed by atoms with Crippen molar-refractivity contribution in [1.82, 2.24) is 0 Å². The standard InChI is InChI=1S/C21H24OS/c1-20(17-10-4-2-5-11-17)16-19(21(22-20)14-8-9-15-21)23-18-12-6-3-7-13-18/h2-7,10-13,19H,8-9,14-16H2,1H3/t19-,20-/m1/s1. The van der Waals surface area contributed by atoms with Gasteiger partial charge in [-0.2, -0.15) is 0 Å². The molecule has 2 aliphatic rings. The van der Waals surface area contributed by atoms with Gasteiger partial charge in [-0.25, -0.2) is 0 Å². The Bertz CT molecular complexity index is 648. The monoisotopic (exact) mass is 324 g/mol. The zero-order valence-electron chi connectivity index (χ0n) is 13.7. The van der Waals surface area contributed by atoms with Gasteiger partial charge in [-0.1, -0.05) is 61.4 Å². The minimum Gasteiger partial charge on any atom is -0.363 e. The van der Waals surface area contributed by atoms with Gasteiger partial charge in [0.15, 0.2) is 0 Å². The van der Waals surface area contributed by atoms with Crippen molar-refractivity contribution in [3.8, 4) is 0 Å². The van der Waals surface area contributed by atoms with E-state index in [0.717, 1.165) is 6.42 Å². The zero-order chi connectivity index (χ0) is 15.8. The summed E-state index contributed by atoms with van der Waals surface area (Å²) in [6.45, 7) is 2.29. The van der Waals surface area contributed by atoms with Crippen LogP contribution in [0.4, 0.5) is 0 Å². The molecule has 2 atom stereocenters. The first kappa shape index (κ1) is 15.3.